The zero-order valence-electron chi connectivity index (χ0n) is 13.7. The maximum absolute atomic E-state index is 12.3. The third kappa shape index (κ3) is 4.55. The third-order valence-corrected chi connectivity index (χ3v) is 5.10. The normalized spacial score (nSPS) is 20.5. The van der Waals surface area contributed by atoms with E-state index in [2.05, 4.69) is 10.6 Å². The minimum atomic E-state index is -0.0998. The molecular formula is C16H23ClN4O2S. The van der Waals surface area contributed by atoms with Crippen molar-refractivity contribution in [3.05, 3.63) is 29.8 Å². The molecule has 2 N–H and O–H groups in total. The van der Waals surface area contributed by atoms with Crippen molar-refractivity contribution in [2.45, 2.75) is 13.0 Å². The number of thioether (sulfide) groups is 1. The fourth-order valence-corrected chi connectivity index (χ4v) is 3.76. The molecule has 6 nitrogen and oxygen atoms in total. The maximum Gasteiger partial charge on any atom is 0.321 e. The largest absolute Gasteiger partial charge is 0.338 e. The lowest BCUT2D eigenvalue weighted by Gasteiger charge is -2.35. The number of carbonyl (C=O) groups excluding carboxylic acids is 2. The van der Waals surface area contributed by atoms with Crippen molar-refractivity contribution in [2.24, 2.45) is 0 Å². The molecule has 132 valence electrons. The lowest BCUT2D eigenvalue weighted by atomic mass is 10.2. The molecule has 1 aromatic carbocycles. The number of piperazine rings is 1. The lowest BCUT2D eigenvalue weighted by Crippen LogP contribution is -2.55. The Morgan fingerprint density at radius 2 is 1.92 bits per heavy atom. The minimum absolute atomic E-state index is 0. The zero-order valence-corrected chi connectivity index (χ0v) is 15.3. The van der Waals surface area contributed by atoms with E-state index < -0.39 is 0 Å². The van der Waals surface area contributed by atoms with Crippen LogP contribution in [0.25, 0.3) is 0 Å². The minimum Gasteiger partial charge on any atom is -0.338 e. The Morgan fingerprint density at radius 1 is 1.21 bits per heavy atom. The van der Waals surface area contributed by atoms with E-state index in [1.54, 1.807) is 16.7 Å². The quantitative estimate of drug-likeness (QED) is 0.832. The van der Waals surface area contributed by atoms with Crippen LogP contribution in [-0.4, -0.2) is 65.6 Å². The second-order valence-electron chi connectivity index (χ2n) is 5.88. The Labute approximate surface area is 152 Å². The molecule has 2 fully saturated rings. The molecule has 24 heavy (non-hydrogen) atoms. The Morgan fingerprint density at radius 3 is 2.54 bits per heavy atom. The average molecular weight is 371 g/mol. The highest BCUT2D eigenvalue weighted by Crippen LogP contribution is 2.15. The molecule has 2 heterocycles. The molecule has 1 aromatic rings. The Kier molecular flexibility index (Phi) is 6.77. The van der Waals surface area contributed by atoms with Gasteiger partial charge in [-0.25, -0.2) is 4.79 Å². The Balaban J connectivity index is 0.00000208. The third-order valence-electron chi connectivity index (χ3n) is 4.16. The van der Waals surface area contributed by atoms with Gasteiger partial charge in [-0.1, -0.05) is 12.1 Å². The summed E-state index contributed by atoms with van der Waals surface area (Å²) >= 11 is 1.75. The van der Waals surface area contributed by atoms with Crippen LogP contribution in [0, 0.1) is 6.92 Å². The number of carbonyl (C=O) groups is 2. The Bertz CT molecular complexity index is 587. The monoisotopic (exact) mass is 370 g/mol. The summed E-state index contributed by atoms with van der Waals surface area (Å²) in [5, 5.41) is 6.12. The second-order valence-corrected chi connectivity index (χ2v) is 6.91. The fourth-order valence-electron chi connectivity index (χ4n) is 2.83. The number of nitrogens with one attached hydrogen (secondary N) is 2. The number of halogens is 1. The molecule has 0 radical (unpaired) electrons. The molecule has 0 aliphatic carbocycles. The molecule has 2 aliphatic rings. The van der Waals surface area contributed by atoms with E-state index in [4.69, 9.17) is 0 Å². The summed E-state index contributed by atoms with van der Waals surface area (Å²) in [5.74, 6) is 1.84. The number of hydrogen-bond acceptors (Lipinski definition) is 4. The summed E-state index contributed by atoms with van der Waals surface area (Å²) in [7, 11) is 0. The van der Waals surface area contributed by atoms with E-state index in [1.165, 1.54) is 0 Å². The summed E-state index contributed by atoms with van der Waals surface area (Å²) in [6.07, 6.45) is 0. The maximum atomic E-state index is 12.3. The number of hydrogen-bond donors (Lipinski definition) is 2. The highest BCUT2D eigenvalue weighted by atomic mass is 35.5. The van der Waals surface area contributed by atoms with Crippen molar-refractivity contribution in [1.82, 2.24) is 15.1 Å². The summed E-state index contributed by atoms with van der Waals surface area (Å²) in [5.41, 5.74) is 1.92. The van der Waals surface area contributed by atoms with Crippen LogP contribution in [0.1, 0.15) is 5.56 Å². The van der Waals surface area contributed by atoms with Gasteiger partial charge in [0.05, 0.1) is 6.04 Å². The first-order valence-corrected chi connectivity index (χ1v) is 9.01. The van der Waals surface area contributed by atoms with E-state index in [0.29, 0.717) is 26.2 Å². The average Bonchev–Trinajstić information content (AvgIpc) is 3.09. The van der Waals surface area contributed by atoms with Crippen LogP contribution in [0.2, 0.25) is 0 Å². The first-order chi connectivity index (χ1) is 11.1. The van der Waals surface area contributed by atoms with Gasteiger partial charge in [-0.3, -0.25) is 10.1 Å². The predicted octanol–water partition coefficient (Wildman–Crippen LogP) is 1.76. The van der Waals surface area contributed by atoms with Crippen LogP contribution < -0.4 is 10.6 Å². The molecule has 0 saturated carbocycles. The highest BCUT2D eigenvalue weighted by molar-refractivity contribution is 7.99. The molecule has 0 aromatic heterocycles. The summed E-state index contributed by atoms with van der Waals surface area (Å²) in [6, 6.07) is 7.59. The van der Waals surface area contributed by atoms with Gasteiger partial charge in [0.1, 0.15) is 0 Å². The van der Waals surface area contributed by atoms with Crippen molar-refractivity contribution in [3.8, 4) is 0 Å². The molecule has 0 spiro atoms. The predicted molar refractivity (Wildman–Crippen MR) is 99.8 cm³/mol. The Hall–Kier alpha value is -1.44. The first-order valence-electron chi connectivity index (χ1n) is 7.86. The van der Waals surface area contributed by atoms with Crippen molar-refractivity contribution < 1.29 is 9.59 Å². The van der Waals surface area contributed by atoms with E-state index >= 15 is 0 Å². The standard InChI is InChI=1S/C16H22N4O2S.ClH/c1-12-3-2-4-13(9-12)18-16(22)20-7-5-19(6-8-20)15(21)14-10-23-11-17-14;/h2-4,9,14,17H,5-8,10-11H2,1H3,(H,18,22);1H. The molecular weight excluding hydrogens is 348 g/mol. The smallest absolute Gasteiger partial charge is 0.321 e. The van der Waals surface area contributed by atoms with Crippen molar-refractivity contribution >= 4 is 41.8 Å². The van der Waals surface area contributed by atoms with Gasteiger partial charge in [-0.15, -0.1) is 24.2 Å². The summed E-state index contributed by atoms with van der Waals surface area (Å²) < 4.78 is 0. The van der Waals surface area contributed by atoms with Crippen LogP contribution in [0.3, 0.4) is 0 Å². The number of aryl methyl sites for hydroxylation is 1. The number of urea groups is 1. The van der Waals surface area contributed by atoms with Crippen molar-refractivity contribution in [3.63, 3.8) is 0 Å². The van der Waals surface area contributed by atoms with Gasteiger partial charge >= 0.3 is 6.03 Å². The summed E-state index contributed by atoms with van der Waals surface area (Å²) in [6.45, 7) is 4.34. The van der Waals surface area contributed by atoms with Gasteiger partial charge in [0, 0.05) is 43.5 Å². The van der Waals surface area contributed by atoms with Crippen LogP contribution in [0.4, 0.5) is 10.5 Å². The SMILES string of the molecule is Cc1cccc(NC(=O)N2CCN(C(=O)C3CSCN3)CC2)c1.Cl. The lowest BCUT2D eigenvalue weighted by molar-refractivity contribution is -0.134. The van der Waals surface area contributed by atoms with Crippen LogP contribution in [0.5, 0.6) is 0 Å². The molecule has 3 amide bonds. The van der Waals surface area contributed by atoms with E-state index in [9.17, 15) is 9.59 Å². The van der Waals surface area contributed by atoms with Gasteiger partial charge < -0.3 is 15.1 Å². The number of benzene rings is 1. The van der Waals surface area contributed by atoms with E-state index in [0.717, 1.165) is 22.9 Å². The fraction of sp³-hybridized carbons (Fsp3) is 0.500. The molecule has 2 aliphatic heterocycles. The van der Waals surface area contributed by atoms with Crippen LogP contribution in [-0.2, 0) is 4.79 Å². The highest BCUT2D eigenvalue weighted by Gasteiger charge is 2.30. The molecule has 3 rings (SSSR count). The number of nitrogens with zero attached hydrogens (tertiary/aromatic N) is 2. The molecule has 1 atom stereocenters. The van der Waals surface area contributed by atoms with E-state index in [1.807, 2.05) is 36.1 Å². The molecule has 8 heteroatoms. The van der Waals surface area contributed by atoms with Gasteiger partial charge in [-0.2, -0.15) is 0 Å². The van der Waals surface area contributed by atoms with Crippen LogP contribution in [0.15, 0.2) is 24.3 Å². The van der Waals surface area contributed by atoms with Gasteiger partial charge in [-0.05, 0) is 24.6 Å². The van der Waals surface area contributed by atoms with E-state index in [-0.39, 0.29) is 30.4 Å². The number of anilines is 1. The van der Waals surface area contributed by atoms with Gasteiger partial charge in [0.2, 0.25) is 5.91 Å². The topological polar surface area (TPSA) is 64.7 Å². The molecule has 0 bridgehead atoms. The molecule has 1 unspecified atom stereocenters. The van der Waals surface area contributed by atoms with Crippen molar-refractivity contribution in [1.29, 1.82) is 0 Å². The number of rotatable bonds is 2. The first kappa shape index (κ1) is 18.9. The second kappa shape index (κ2) is 8.60. The molecule has 2 saturated heterocycles. The van der Waals surface area contributed by atoms with Crippen molar-refractivity contribution in [2.75, 3.05) is 43.1 Å². The number of amides is 3. The van der Waals surface area contributed by atoms with Crippen LogP contribution >= 0.6 is 24.2 Å². The summed E-state index contributed by atoms with van der Waals surface area (Å²) in [4.78, 5) is 28.3. The van der Waals surface area contributed by atoms with Gasteiger partial charge in [0.25, 0.3) is 0 Å². The van der Waals surface area contributed by atoms with Gasteiger partial charge in [0.15, 0.2) is 0 Å². The zero-order chi connectivity index (χ0) is 16.2.